The highest BCUT2D eigenvalue weighted by atomic mass is 32.2. The fraction of sp³-hybridized carbons (Fsp3) is 0.500. The van der Waals surface area contributed by atoms with Crippen molar-refractivity contribution >= 4 is 22.7 Å². The Morgan fingerprint density at radius 2 is 1.83 bits per heavy atom. The van der Waals surface area contributed by atoms with Crippen molar-refractivity contribution in [3.63, 3.8) is 0 Å². The Hall–Kier alpha value is -0.560. The lowest BCUT2D eigenvalue weighted by atomic mass is 10.0. The van der Waals surface area contributed by atoms with Crippen LogP contribution in [0.15, 0.2) is 30.3 Å². The van der Waals surface area contributed by atoms with E-state index >= 15 is 0 Å². The Kier molecular flexibility index (Phi) is 6.14. The van der Waals surface area contributed by atoms with Gasteiger partial charge in [-0.05, 0) is 24.8 Å². The summed E-state index contributed by atoms with van der Waals surface area (Å²) in [6.45, 7) is 0. The van der Waals surface area contributed by atoms with Gasteiger partial charge in [0.1, 0.15) is 0 Å². The number of nitrogens with two attached hydrogens (primary N) is 1. The van der Waals surface area contributed by atoms with Gasteiger partial charge in [-0.15, -0.1) is 0 Å². The summed E-state index contributed by atoms with van der Waals surface area (Å²) >= 11 is 4.38. The largest absolute Gasteiger partial charge is 0.327 e. The third-order valence-corrected chi connectivity index (χ3v) is 4.17. The molecule has 3 N–H and O–H groups in total. The van der Waals surface area contributed by atoms with Crippen LogP contribution in [0.3, 0.4) is 0 Å². The molecule has 6 heteroatoms. The van der Waals surface area contributed by atoms with Crippen LogP contribution in [0.2, 0.25) is 0 Å². The molecule has 2 atom stereocenters. The van der Waals surface area contributed by atoms with Crippen LogP contribution in [0.4, 0.5) is 0 Å². The molecular weight excluding hydrogens is 270 g/mol. The van der Waals surface area contributed by atoms with Crippen molar-refractivity contribution in [3.05, 3.63) is 35.9 Å². The van der Waals surface area contributed by atoms with Crippen LogP contribution in [-0.4, -0.2) is 30.0 Å². The van der Waals surface area contributed by atoms with E-state index in [1.165, 1.54) is 5.56 Å². The molecule has 0 aliphatic heterocycles. The van der Waals surface area contributed by atoms with E-state index in [0.717, 1.165) is 12.8 Å². The van der Waals surface area contributed by atoms with E-state index in [0.29, 0.717) is 0 Å². The normalized spacial score (nSPS) is 15.3. The van der Waals surface area contributed by atoms with Crippen molar-refractivity contribution in [1.82, 2.24) is 0 Å². The molecule has 0 spiro atoms. The second kappa shape index (κ2) is 7.13. The molecule has 0 saturated heterocycles. The van der Waals surface area contributed by atoms with Crippen molar-refractivity contribution in [3.8, 4) is 0 Å². The summed E-state index contributed by atoms with van der Waals surface area (Å²) in [6, 6.07) is 9.63. The lowest BCUT2D eigenvalue weighted by Gasteiger charge is -2.18. The summed E-state index contributed by atoms with van der Waals surface area (Å²) in [5.74, 6) is -0.309. The minimum Gasteiger partial charge on any atom is -0.327 e. The van der Waals surface area contributed by atoms with Crippen LogP contribution in [-0.2, 0) is 16.5 Å². The van der Waals surface area contributed by atoms with E-state index in [1.54, 1.807) is 0 Å². The second-order valence-electron chi connectivity index (χ2n) is 4.33. The molecule has 4 nitrogen and oxygen atoms in total. The van der Waals surface area contributed by atoms with Crippen molar-refractivity contribution in [2.24, 2.45) is 5.73 Å². The summed E-state index contributed by atoms with van der Waals surface area (Å²) in [5, 5.41) is -0.0769. The minimum absolute atomic E-state index is 0.0769. The third-order valence-electron chi connectivity index (χ3n) is 2.77. The maximum Gasteiger partial charge on any atom is 0.264 e. The van der Waals surface area contributed by atoms with Crippen LogP contribution in [0.1, 0.15) is 18.4 Å². The molecular formula is C12H19NO3S2. The molecule has 1 rings (SSSR count). The van der Waals surface area contributed by atoms with Crippen molar-refractivity contribution < 1.29 is 13.0 Å². The van der Waals surface area contributed by atoms with Gasteiger partial charge in [0.15, 0.2) is 0 Å². The van der Waals surface area contributed by atoms with E-state index in [2.05, 4.69) is 12.6 Å². The molecule has 0 amide bonds. The minimum atomic E-state index is -3.93. The highest BCUT2D eigenvalue weighted by molar-refractivity contribution is 7.85. The molecule has 1 aromatic rings. The molecule has 0 unspecified atom stereocenters. The topological polar surface area (TPSA) is 80.4 Å². The molecule has 0 aliphatic rings. The first-order chi connectivity index (χ1) is 8.38. The molecule has 0 aromatic heterocycles. The van der Waals surface area contributed by atoms with Crippen molar-refractivity contribution in [2.45, 2.75) is 30.6 Å². The van der Waals surface area contributed by atoms with Gasteiger partial charge in [0, 0.05) is 11.3 Å². The molecule has 0 aliphatic carbocycles. The van der Waals surface area contributed by atoms with E-state index in [1.807, 2.05) is 30.3 Å². The highest BCUT2D eigenvalue weighted by Gasteiger charge is 2.16. The predicted molar refractivity (Wildman–Crippen MR) is 76.5 cm³/mol. The molecule has 0 heterocycles. The van der Waals surface area contributed by atoms with Crippen LogP contribution in [0, 0.1) is 0 Å². The number of hydrogen-bond acceptors (Lipinski definition) is 4. The molecule has 1 aromatic carbocycles. The number of benzene rings is 1. The maximum absolute atomic E-state index is 10.6. The molecule has 0 bridgehead atoms. The van der Waals surface area contributed by atoms with Gasteiger partial charge in [0.25, 0.3) is 10.1 Å². The van der Waals surface area contributed by atoms with E-state index < -0.39 is 10.1 Å². The third kappa shape index (κ3) is 6.39. The summed E-state index contributed by atoms with van der Waals surface area (Å²) in [5.41, 5.74) is 7.04. The fourth-order valence-electron chi connectivity index (χ4n) is 1.65. The first-order valence-electron chi connectivity index (χ1n) is 5.81. The summed E-state index contributed by atoms with van der Waals surface area (Å²) in [6.07, 6.45) is 1.86. The number of hydrogen-bond donors (Lipinski definition) is 3. The Labute approximate surface area is 114 Å². The summed E-state index contributed by atoms with van der Waals surface area (Å²) in [7, 11) is -3.93. The van der Waals surface area contributed by atoms with Crippen LogP contribution in [0.25, 0.3) is 0 Å². The zero-order valence-corrected chi connectivity index (χ0v) is 11.8. The van der Waals surface area contributed by atoms with Gasteiger partial charge in [0.2, 0.25) is 0 Å². The van der Waals surface area contributed by atoms with E-state index in [4.69, 9.17) is 10.3 Å². The average molecular weight is 289 g/mol. The molecule has 0 saturated carbocycles. The first-order valence-corrected chi connectivity index (χ1v) is 7.94. The van der Waals surface area contributed by atoms with Gasteiger partial charge in [-0.1, -0.05) is 30.3 Å². The monoisotopic (exact) mass is 289 g/mol. The zero-order chi connectivity index (χ0) is 13.6. The summed E-state index contributed by atoms with van der Waals surface area (Å²) < 4.78 is 29.9. The lowest BCUT2D eigenvalue weighted by molar-refractivity contribution is 0.474. The standard InChI is InChI=1S/C12H19NO3S2/c13-11(8-9-18(14,15)16)12(17)7-6-10-4-2-1-3-5-10/h1-5,11-12,17H,6-9,13H2,(H,14,15,16)/t11-,12+/m1/s1. The first kappa shape index (κ1) is 15.5. The molecule has 0 fully saturated rings. The van der Waals surface area contributed by atoms with Gasteiger partial charge in [-0.2, -0.15) is 21.0 Å². The highest BCUT2D eigenvalue weighted by Crippen LogP contribution is 2.13. The van der Waals surface area contributed by atoms with Gasteiger partial charge in [-0.3, -0.25) is 4.55 Å². The fourth-order valence-corrected chi connectivity index (χ4v) is 2.50. The van der Waals surface area contributed by atoms with Gasteiger partial charge in [-0.25, -0.2) is 0 Å². The molecule has 18 heavy (non-hydrogen) atoms. The average Bonchev–Trinajstić information content (AvgIpc) is 2.33. The SMILES string of the molecule is N[C@H](CCS(=O)(=O)O)[C@@H](S)CCc1ccccc1. The van der Waals surface area contributed by atoms with Gasteiger partial charge >= 0.3 is 0 Å². The molecule has 0 radical (unpaired) electrons. The van der Waals surface area contributed by atoms with Crippen LogP contribution < -0.4 is 5.73 Å². The Morgan fingerprint density at radius 1 is 1.22 bits per heavy atom. The van der Waals surface area contributed by atoms with E-state index in [9.17, 15) is 8.42 Å². The van der Waals surface area contributed by atoms with Crippen LogP contribution >= 0.6 is 12.6 Å². The zero-order valence-electron chi connectivity index (χ0n) is 10.1. The smallest absolute Gasteiger partial charge is 0.264 e. The quantitative estimate of drug-likeness (QED) is 0.525. The second-order valence-corrected chi connectivity index (χ2v) is 6.57. The predicted octanol–water partition coefficient (Wildman–Crippen LogP) is 1.52. The Bertz CT molecular complexity index is 448. The van der Waals surface area contributed by atoms with Gasteiger partial charge < -0.3 is 5.73 Å². The van der Waals surface area contributed by atoms with Crippen molar-refractivity contribution in [1.29, 1.82) is 0 Å². The molecule has 102 valence electrons. The Balaban J connectivity index is 2.34. The van der Waals surface area contributed by atoms with E-state index in [-0.39, 0.29) is 23.5 Å². The van der Waals surface area contributed by atoms with Crippen LogP contribution in [0.5, 0.6) is 0 Å². The number of thiol groups is 1. The Morgan fingerprint density at radius 3 is 2.39 bits per heavy atom. The van der Waals surface area contributed by atoms with Gasteiger partial charge in [0.05, 0.1) is 5.75 Å². The lowest BCUT2D eigenvalue weighted by Crippen LogP contribution is -2.33. The maximum atomic E-state index is 10.6. The summed E-state index contributed by atoms with van der Waals surface area (Å²) in [4.78, 5) is 0. The number of rotatable bonds is 7. The number of aryl methyl sites for hydroxylation is 1. The van der Waals surface area contributed by atoms with Crippen molar-refractivity contribution in [2.75, 3.05) is 5.75 Å².